The minimum Gasteiger partial charge on any atom is -0.444 e. The number of nitrogens with zero attached hydrogens (tertiary/aromatic N) is 1. The Morgan fingerprint density at radius 3 is 2.56 bits per heavy atom. The Bertz CT molecular complexity index is 727. The average molecular weight is 365 g/mol. The molecule has 1 heterocycles. The molecule has 2 amide bonds. The van der Waals surface area contributed by atoms with Gasteiger partial charge in [0.25, 0.3) is 0 Å². The lowest BCUT2D eigenvalue weighted by Gasteiger charge is -2.11. The van der Waals surface area contributed by atoms with Crippen LogP contribution in [-0.4, -0.2) is 27.8 Å². The Kier molecular flexibility index (Phi) is 6.58. The Labute approximate surface area is 149 Å². The number of halogens is 1. The Balaban J connectivity index is 1.72. The molecule has 25 heavy (non-hydrogen) atoms. The Hall–Kier alpha value is -2.35. The molecule has 6 nitrogen and oxygen atoms in total. The summed E-state index contributed by atoms with van der Waals surface area (Å²) in [6.07, 6.45) is 0. The topological polar surface area (TPSA) is 84.2 Å². The van der Waals surface area contributed by atoms with Gasteiger partial charge in [0.15, 0.2) is 0 Å². The van der Waals surface area contributed by atoms with Gasteiger partial charge in [0, 0.05) is 5.69 Å². The van der Waals surface area contributed by atoms with E-state index in [2.05, 4.69) is 15.6 Å². The Morgan fingerprint density at radius 2 is 1.96 bits per heavy atom. The van der Waals surface area contributed by atoms with E-state index in [1.54, 1.807) is 6.92 Å². The van der Waals surface area contributed by atoms with Gasteiger partial charge in [0.2, 0.25) is 17.7 Å². The first-order chi connectivity index (χ1) is 11.8. The molecular formula is C17H20FN3O3S. The van der Waals surface area contributed by atoms with Crippen LogP contribution in [0.3, 0.4) is 0 Å². The number of hydrogen-bond acceptors (Lipinski definition) is 5. The molecule has 8 heteroatoms. The van der Waals surface area contributed by atoms with Crippen molar-refractivity contribution in [3.63, 3.8) is 0 Å². The smallest absolute Gasteiger partial charge is 0.234 e. The fourth-order valence-electron chi connectivity index (χ4n) is 1.93. The standard InChI is InChI=1S/C17H20FN3O3S/c1-10-11(2)24-16(20-10)8-19-17(23)12(3)25-9-15(22)21-14-6-4-13(18)5-7-14/h4-7,12H,8-9H2,1-3H3,(H,19,23)(H,21,22). The summed E-state index contributed by atoms with van der Waals surface area (Å²) in [7, 11) is 0. The van der Waals surface area contributed by atoms with Gasteiger partial charge in [-0.15, -0.1) is 11.8 Å². The second-order valence-electron chi connectivity index (χ2n) is 5.48. The second-order valence-corrected chi connectivity index (χ2v) is 6.80. The number of carbonyl (C=O) groups is 2. The molecule has 2 aromatic rings. The van der Waals surface area contributed by atoms with Gasteiger partial charge in [-0.2, -0.15) is 0 Å². The molecule has 0 bridgehead atoms. The zero-order chi connectivity index (χ0) is 18.4. The molecule has 0 fully saturated rings. The molecule has 1 atom stereocenters. The van der Waals surface area contributed by atoms with E-state index in [1.165, 1.54) is 36.0 Å². The second kappa shape index (κ2) is 8.66. The maximum absolute atomic E-state index is 12.8. The first kappa shape index (κ1) is 19.0. The van der Waals surface area contributed by atoms with Gasteiger partial charge in [-0.1, -0.05) is 0 Å². The molecule has 0 saturated carbocycles. The lowest BCUT2D eigenvalue weighted by Crippen LogP contribution is -2.31. The number of aromatic nitrogens is 1. The summed E-state index contributed by atoms with van der Waals surface area (Å²) in [4.78, 5) is 28.1. The van der Waals surface area contributed by atoms with Crippen molar-refractivity contribution in [3.8, 4) is 0 Å². The van der Waals surface area contributed by atoms with Gasteiger partial charge in [-0.3, -0.25) is 9.59 Å². The third-order valence-electron chi connectivity index (χ3n) is 3.45. The molecule has 0 aliphatic rings. The van der Waals surface area contributed by atoms with Crippen molar-refractivity contribution in [3.05, 3.63) is 47.4 Å². The molecule has 2 rings (SSSR count). The predicted octanol–water partition coefficient (Wildman–Crippen LogP) is 2.81. The minimum atomic E-state index is -0.406. The van der Waals surface area contributed by atoms with E-state index in [0.717, 1.165) is 11.5 Å². The van der Waals surface area contributed by atoms with Crippen LogP contribution in [0.15, 0.2) is 28.7 Å². The zero-order valence-electron chi connectivity index (χ0n) is 14.3. The summed E-state index contributed by atoms with van der Waals surface area (Å²) in [6, 6.07) is 5.50. The molecule has 1 unspecified atom stereocenters. The summed E-state index contributed by atoms with van der Waals surface area (Å²) >= 11 is 1.21. The highest BCUT2D eigenvalue weighted by atomic mass is 32.2. The first-order valence-corrected chi connectivity index (χ1v) is 8.77. The number of benzene rings is 1. The molecule has 0 saturated heterocycles. The zero-order valence-corrected chi connectivity index (χ0v) is 15.1. The van der Waals surface area contributed by atoms with Crippen LogP contribution in [0.4, 0.5) is 10.1 Å². The van der Waals surface area contributed by atoms with Crippen molar-refractivity contribution in [2.75, 3.05) is 11.1 Å². The molecule has 0 aliphatic heterocycles. The highest BCUT2D eigenvalue weighted by molar-refractivity contribution is 8.01. The van der Waals surface area contributed by atoms with Gasteiger partial charge < -0.3 is 15.1 Å². The monoisotopic (exact) mass is 365 g/mol. The van der Waals surface area contributed by atoms with Gasteiger partial charge in [-0.25, -0.2) is 9.37 Å². The van der Waals surface area contributed by atoms with Crippen LogP contribution in [0.25, 0.3) is 0 Å². The van der Waals surface area contributed by atoms with Gasteiger partial charge >= 0.3 is 0 Å². The van der Waals surface area contributed by atoms with E-state index in [1.807, 2.05) is 13.8 Å². The molecule has 2 N–H and O–H groups in total. The maximum Gasteiger partial charge on any atom is 0.234 e. The predicted molar refractivity (Wildman–Crippen MR) is 94.8 cm³/mol. The molecular weight excluding hydrogens is 345 g/mol. The highest BCUT2D eigenvalue weighted by Crippen LogP contribution is 2.14. The van der Waals surface area contributed by atoms with Crippen LogP contribution >= 0.6 is 11.8 Å². The number of thioether (sulfide) groups is 1. The third kappa shape index (κ3) is 5.90. The summed E-state index contributed by atoms with van der Waals surface area (Å²) in [5.74, 6) is 0.472. The van der Waals surface area contributed by atoms with Gasteiger partial charge in [0.05, 0.1) is 23.2 Å². The van der Waals surface area contributed by atoms with Crippen LogP contribution < -0.4 is 10.6 Å². The van der Waals surface area contributed by atoms with E-state index in [4.69, 9.17) is 4.42 Å². The number of rotatable bonds is 7. The summed E-state index contributed by atoms with van der Waals surface area (Å²) in [5, 5.41) is 4.97. The normalized spacial score (nSPS) is 11.8. The minimum absolute atomic E-state index is 0.114. The van der Waals surface area contributed by atoms with Crippen molar-refractivity contribution < 1.29 is 18.4 Å². The van der Waals surface area contributed by atoms with Crippen LogP contribution in [0, 0.1) is 19.7 Å². The molecule has 0 radical (unpaired) electrons. The van der Waals surface area contributed by atoms with Crippen molar-refractivity contribution in [1.29, 1.82) is 0 Å². The lowest BCUT2D eigenvalue weighted by atomic mass is 10.3. The fraction of sp³-hybridized carbons (Fsp3) is 0.353. The average Bonchev–Trinajstić information content (AvgIpc) is 2.90. The van der Waals surface area contributed by atoms with E-state index >= 15 is 0 Å². The van der Waals surface area contributed by atoms with Crippen molar-refractivity contribution >= 4 is 29.3 Å². The number of amides is 2. The van der Waals surface area contributed by atoms with E-state index in [9.17, 15) is 14.0 Å². The number of hydrogen-bond donors (Lipinski definition) is 2. The highest BCUT2D eigenvalue weighted by Gasteiger charge is 2.16. The van der Waals surface area contributed by atoms with Crippen molar-refractivity contribution in [2.24, 2.45) is 0 Å². The summed E-state index contributed by atoms with van der Waals surface area (Å²) < 4.78 is 18.2. The number of aryl methyl sites for hydroxylation is 2. The first-order valence-electron chi connectivity index (χ1n) is 7.73. The van der Waals surface area contributed by atoms with Gasteiger partial charge in [0.1, 0.15) is 11.6 Å². The molecule has 0 aliphatic carbocycles. The molecule has 1 aromatic carbocycles. The lowest BCUT2D eigenvalue weighted by molar-refractivity contribution is -0.120. The number of anilines is 1. The quantitative estimate of drug-likeness (QED) is 0.788. The number of carbonyl (C=O) groups excluding carboxylic acids is 2. The van der Waals surface area contributed by atoms with Crippen LogP contribution in [-0.2, 0) is 16.1 Å². The number of nitrogens with one attached hydrogen (secondary N) is 2. The van der Waals surface area contributed by atoms with Crippen molar-refractivity contribution in [1.82, 2.24) is 10.3 Å². The van der Waals surface area contributed by atoms with E-state index in [-0.39, 0.29) is 29.9 Å². The summed E-state index contributed by atoms with van der Waals surface area (Å²) in [5.41, 5.74) is 1.31. The summed E-state index contributed by atoms with van der Waals surface area (Å²) in [6.45, 7) is 5.58. The molecule has 1 aromatic heterocycles. The largest absolute Gasteiger partial charge is 0.444 e. The SMILES string of the molecule is Cc1nc(CNC(=O)C(C)SCC(=O)Nc2ccc(F)cc2)oc1C. The number of oxazole rings is 1. The van der Waals surface area contributed by atoms with Crippen LogP contribution in [0.2, 0.25) is 0 Å². The Morgan fingerprint density at radius 1 is 1.28 bits per heavy atom. The van der Waals surface area contributed by atoms with Gasteiger partial charge in [-0.05, 0) is 45.0 Å². The molecule has 134 valence electrons. The van der Waals surface area contributed by atoms with Crippen LogP contribution in [0.5, 0.6) is 0 Å². The van der Waals surface area contributed by atoms with Crippen molar-refractivity contribution in [2.45, 2.75) is 32.6 Å². The third-order valence-corrected chi connectivity index (χ3v) is 4.59. The van der Waals surface area contributed by atoms with E-state index < -0.39 is 5.25 Å². The van der Waals surface area contributed by atoms with Crippen LogP contribution in [0.1, 0.15) is 24.3 Å². The van der Waals surface area contributed by atoms with E-state index in [0.29, 0.717) is 11.6 Å². The molecule has 0 spiro atoms. The maximum atomic E-state index is 12.8. The fourth-order valence-corrected chi connectivity index (χ4v) is 2.64.